The Balaban J connectivity index is 2.17. The van der Waals surface area contributed by atoms with Gasteiger partial charge in [-0.25, -0.2) is 0 Å². The van der Waals surface area contributed by atoms with Gasteiger partial charge in [0, 0.05) is 18.2 Å². The minimum absolute atomic E-state index is 0.0381. The maximum atomic E-state index is 9.66. The summed E-state index contributed by atoms with van der Waals surface area (Å²) in [5, 5.41) is 22.3. The van der Waals surface area contributed by atoms with Gasteiger partial charge in [0.05, 0.1) is 12.7 Å². The second kappa shape index (κ2) is 4.31. The van der Waals surface area contributed by atoms with Crippen molar-refractivity contribution in [3.05, 3.63) is 23.3 Å². The van der Waals surface area contributed by atoms with E-state index in [-0.39, 0.29) is 17.6 Å². The summed E-state index contributed by atoms with van der Waals surface area (Å²) >= 11 is 0. The van der Waals surface area contributed by atoms with Crippen molar-refractivity contribution < 1.29 is 14.9 Å². The Kier molecular flexibility index (Phi) is 3.03. The second-order valence-electron chi connectivity index (χ2n) is 4.36. The number of aromatic hydroxyl groups is 2. The number of hydrogen-bond donors (Lipinski definition) is 3. The van der Waals surface area contributed by atoms with E-state index in [0.717, 1.165) is 12.1 Å². The zero-order valence-corrected chi connectivity index (χ0v) is 9.53. The highest BCUT2D eigenvalue weighted by atomic mass is 16.5. The van der Waals surface area contributed by atoms with Gasteiger partial charge in [-0.1, -0.05) is 19.9 Å². The van der Waals surface area contributed by atoms with Crippen LogP contribution in [0, 0.1) is 0 Å². The SMILES string of the molecule is CC(C)NC[C@H]1OCc2c1ccc(O)c2O. The molecule has 16 heavy (non-hydrogen) atoms. The van der Waals surface area contributed by atoms with Crippen LogP contribution >= 0.6 is 0 Å². The van der Waals surface area contributed by atoms with Crippen molar-refractivity contribution in [1.82, 2.24) is 5.32 Å². The van der Waals surface area contributed by atoms with Crippen LogP contribution in [0.25, 0.3) is 0 Å². The molecule has 0 spiro atoms. The van der Waals surface area contributed by atoms with Crippen molar-refractivity contribution in [1.29, 1.82) is 0 Å². The minimum atomic E-state index is -0.0835. The molecule has 0 aliphatic carbocycles. The number of ether oxygens (including phenoxy) is 1. The largest absolute Gasteiger partial charge is 0.504 e. The van der Waals surface area contributed by atoms with Crippen molar-refractivity contribution in [2.75, 3.05) is 6.54 Å². The van der Waals surface area contributed by atoms with Crippen molar-refractivity contribution in [2.45, 2.75) is 32.6 Å². The molecule has 1 aromatic carbocycles. The first-order valence-corrected chi connectivity index (χ1v) is 5.48. The van der Waals surface area contributed by atoms with E-state index in [2.05, 4.69) is 19.2 Å². The van der Waals surface area contributed by atoms with Crippen molar-refractivity contribution in [3.63, 3.8) is 0 Å². The van der Waals surface area contributed by atoms with Crippen LogP contribution in [0.15, 0.2) is 12.1 Å². The van der Waals surface area contributed by atoms with Gasteiger partial charge in [0.2, 0.25) is 0 Å². The quantitative estimate of drug-likeness (QED) is 0.682. The Bertz CT molecular complexity index is 390. The molecular formula is C12H17NO3. The molecule has 1 heterocycles. The predicted octanol–water partition coefficient (Wildman–Crippen LogP) is 1.67. The molecule has 0 fully saturated rings. The van der Waals surface area contributed by atoms with E-state index >= 15 is 0 Å². The summed E-state index contributed by atoms with van der Waals surface area (Å²) in [6, 6.07) is 3.72. The molecule has 88 valence electrons. The molecule has 0 bridgehead atoms. The lowest BCUT2D eigenvalue weighted by atomic mass is 10.0. The van der Waals surface area contributed by atoms with E-state index in [1.165, 1.54) is 6.07 Å². The lowest BCUT2D eigenvalue weighted by molar-refractivity contribution is 0.0642. The standard InChI is InChI=1S/C12H17NO3/c1-7(2)13-5-11-8-3-4-10(14)12(15)9(8)6-16-11/h3-4,7,11,13-15H,5-6H2,1-2H3/t11-/m1/s1. The van der Waals surface area contributed by atoms with E-state index in [9.17, 15) is 10.2 Å². The zero-order valence-electron chi connectivity index (χ0n) is 9.53. The monoisotopic (exact) mass is 223 g/mol. The lowest BCUT2D eigenvalue weighted by Crippen LogP contribution is -2.27. The summed E-state index contributed by atoms with van der Waals surface area (Å²) < 4.78 is 5.58. The Morgan fingerprint density at radius 3 is 2.88 bits per heavy atom. The van der Waals surface area contributed by atoms with Crippen molar-refractivity contribution in [2.24, 2.45) is 0 Å². The average Bonchev–Trinajstić information content (AvgIpc) is 2.64. The highest BCUT2D eigenvalue weighted by molar-refractivity contribution is 5.50. The van der Waals surface area contributed by atoms with Gasteiger partial charge in [0.25, 0.3) is 0 Å². The van der Waals surface area contributed by atoms with Gasteiger partial charge < -0.3 is 20.3 Å². The molecule has 2 rings (SSSR count). The maximum absolute atomic E-state index is 9.66. The summed E-state index contributed by atoms with van der Waals surface area (Å²) in [5.41, 5.74) is 1.67. The lowest BCUT2D eigenvalue weighted by Gasteiger charge is -2.14. The van der Waals surface area contributed by atoms with E-state index in [4.69, 9.17) is 4.74 Å². The summed E-state index contributed by atoms with van der Waals surface area (Å²) in [7, 11) is 0. The third-order valence-electron chi connectivity index (χ3n) is 2.78. The van der Waals surface area contributed by atoms with E-state index in [1.54, 1.807) is 0 Å². The molecule has 4 nitrogen and oxygen atoms in total. The van der Waals surface area contributed by atoms with Gasteiger partial charge in [-0.15, -0.1) is 0 Å². The average molecular weight is 223 g/mol. The fourth-order valence-corrected chi connectivity index (χ4v) is 1.88. The van der Waals surface area contributed by atoms with Crippen LogP contribution in [-0.2, 0) is 11.3 Å². The number of fused-ring (bicyclic) bond motifs is 1. The number of phenolic OH excluding ortho intramolecular Hbond substituents is 2. The smallest absolute Gasteiger partial charge is 0.163 e. The fourth-order valence-electron chi connectivity index (χ4n) is 1.88. The van der Waals surface area contributed by atoms with Gasteiger partial charge in [-0.05, 0) is 11.6 Å². The highest BCUT2D eigenvalue weighted by Gasteiger charge is 2.26. The molecule has 0 amide bonds. The number of nitrogens with one attached hydrogen (secondary N) is 1. The van der Waals surface area contributed by atoms with Crippen molar-refractivity contribution >= 4 is 0 Å². The van der Waals surface area contributed by atoms with Crippen LogP contribution in [0.3, 0.4) is 0 Å². The topological polar surface area (TPSA) is 61.7 Å². The van der Waals surface area contributed by atoms with E-state index in [1.807, 2.05) is 6.07 Å². The first kappa shape index (κ1) is 11.2. The van der Waals surface area contributed by atoms with Gasteiger partial charge in [-0.3, -0.25) is 0 Å². The molecular weight excluding hydrogens is 206 g/mol. The molecule has 0 radical (unpaired) electrons. The number of benzene rings is 1. The van der Waals surface area contributed by atoms with Crippen LogP contribution in [0.5, 0.6) is 11.5 Å². The third-order valence-corrected chi connectivity index (χ3v) is 2.78. The van der Waals surface area contributed by atoms with Crippen LogP contribution < -0.4 is 5.32 Å². The predicted molar refractivity (Wildman–Crippen MR) is 60.4 cm³/mol. The molecule has 0 aromatic heterocycles. The maximum Gasteiger partial charge on any atom is 0.163 e. The molecule has 0 saturated carbocycles. The van der Waals surface area contributed by atoms with E-state index in [0.29, 0.717) is 18.2 Å². The fraction of sp³-hybridized carbons (Fsp3) is 0.500. The summed E-state index contributed by atoms with van der Waals surface area (Å²) in [6.07, 6.45) is -0.0381. The third kappa shape index (κ3) is 1.99. The number of hydrogen-bond acceptors (Lipinski definition) is 4. The minimum Gasteiger partial charge on any atom is -0.504 e. The second-order valence-corrected chi connectivity index (χ2v) is 4.36. The molecule has 4 heteroatoms. The Labute approximate surface area is 94.9 Å². The Morgan fingerprint density at radius 2 is 2.19 bits per heavy atom. The Morgan fingerprint density at radius 1 is 1.44 bits per heavy atom. The summed E-state index contributed by atoms with van der Waals surface area (Å²) in [5.74, 6) is -0.135. The molecule has 1 aliphatic heterocycles. The van der Waals surface area contributed by atoms with Gasteiger partial charge >= 0.3 is 0 Å². The highest BCUT2D eigenvalue weighted by Crippen LogP contribution is 2.40. The molecule has 1 atom stereocenters. The zero-order chi connectivity index (χ0) is 11.7. The first-order valence-electron chi connectivity index (χ1n) is 5.48. The van der Waals surface area contributed by atoms with Crippen LogP contribution in [0.2, 0.25) is 0 Å². The van der Waals surface area contributed by atoms with Gasteiger partial charge in [0.15, 0.2) is 11.5 Å². The molecule has 0 saturated heterocycles. The van der Waals surface area contributed by atoms with E-state index < -0.39 is 0 Å². The molecule has 1 aliphatic rings. The van der Waals surface area contributed by atoms with Crippen LogP contribution in [0.4, 0.5) is 0 Å². The summed E-state index contributed by atoms with van der Waals surface area (Å²) in [4.78, 5) is 0. The normalized spacial score (nSPS) is 19.1. The summed E-state index contributed by atoms with van der Waals surface area (Å²) in [6.45, 7) is 5.23. The number of phenols is 2. The van der Waals surface area contributed by atoms with Crippen LogP contribution in [0.1, 0.15) is 31.1 Å². The Hall–Kier alpha value is -1.26. The molecule has 0 unspecified atom stereocenters. The van der Waals surface area contributed by atoms with Crippen LogP contribution in [-0.4, -0.2) is 22.8 Å². The molecule has 1 aromatic rings. The van der Waals surface area contributed by atoms with Crippen molar-refractivity contribution in [3.8, 4) is 11.5 Å². The first-order chi connectivity index (χ1) is 7.59. The number of rotatable bonds is 3. The van der Waals surface area contributed by atoms with Gasteiger partial charge in [0.1, 0.15) is 0 Å². The molecule has 3 N–H and O–H groups in total. The van der Waals surface area contributed by atoms with Gasteiger partial charge in [-0.2, -0.15) is 0 Å².